The first-order chi connectivity index (χ1) is 8.11. The average molecular weight is 256 g/mol. The van der Waals surface area contributed by atoms with Gasteiger partial charge in [0, 0.05) is 10.3 Å². The third-order valence-corrected chi connectivity index (χ3v) is 3.50. The summed E-state index contributed by atoms with van der Waals surface area (Å²) in [6.45, 7) is 2.12. The zero-order chi connectivity index (χ0) is 12.4. The van der Waals surface area contributed by atoms with E-state index >= 15 is 0 Å². The second-order valence-electron chi connectivity index (χ2n) is 4.28. The molecule has 5 heteroatoms. The van der Waals surface area contributed by atoms with Crippen molar-refractivity contribution in [3.8, 4) is 0 Å². The number of hydrogen-bond acceptors (Lipinski definition) is 3. The smallest absolute Gasteiger partial charge is 0.249 e. The molecule has 0 radical (unpaired) electrons. The third-order valence-electron chi connectivity index (χ3n) is 3.18. The molecule has 17 heavy (non-hydrogen) atoms. The molecule has 0 bridgehead atoms. The maximum atomic E-state index is 11.2. The van der Waals surface area contributed by atoms with Gasteiger partial charge in [-0.25, -0.2) is 0 Å². The Balaban J connectivity index is 2.27. The standard InChI is InChI=1S/C12H14ClNO3/c1-8(13)10-7-17-12(11(10)14(15)16)9-5-3-2-4-6-9/h2-6,8,10-12H,7H2,1H3/t8-,10+,11+,12-/m1/s1. The quantitative estimate of drug-likeness (QED) is 0.474. The summed E-state index contributed by atoms with van der Waals surface area (Å²) in [4.78, 5) is 10.9. The van der Waals surface area contributed by atoms with Crippen LogP contribution in [-0.2, 0) is 4.74 Å². The van der Waals surface area contributed by atoms with Crippen molar-refractivity contribution in [2.75, 3.05) is 6.61 Å². The second-order valence-corrected chi connectivity index (χ2v) is 4.97. The van der Waals surface area contributed by atoms with Crippen molar-refractivity contribution in [3.63, 3.8) is 0 Å². The number of nitro groups is 1. The fourth-order valence-corrected chi connectivity index (χ4v) is 2.47. The molecule has 1 saturated heterocycles. The third kappa shape index (κ3) is 2.42. The van der Waals surface area contributed by atoms with Crippen molar-refractivity contribution in [2.24, 2.45) is 5.92 Å². The molecule has 4 atom stereocenters. The Morgan fingerprint density at radius 2 is 2.12 bits per heavy atom. The van der Waals surface area contributed by atoms with Gasteiger partial charge in [-0.15, -0.1) is 11.6 Å². The van der Waals surface area contributed by atoms with Gasteiger partial charge in [0.05, 0.1) is 12.5 Å². The minimum absolute atomic E-state index is 0.239. The second kappa shape index (κ2) is 5.02. The van der Waals surface area contributed by atoms with Gasteiger partial charge in [-0.1, -0.05) is 30.3 Å². The summed E-state index contributed by atoms with van der Waals surface area (Å²) >= 11 is 5.99. The average Bonchev–Trinajstić information content (AvgIpc) is 2.74. The largest absolute Gasteiger partial charge is 0.366 e. The molecule has 2 rings (SSSR count). The Bertz CT molecular complexity index is 396. The molecule has 0 saturated carbocycles. The fourth-order valence-electron chi connectivity index (χ4n) is 2.24. The SMILES string of the molecule is C[C@@H](Cl)[C@@H]1CO[C@H](c2ccccc2)[C@H]1[N+](=O)[O-]. The van der Waals surface area contributed by atoms with Crippen molar-refractivity contribution in [3.05, 3.63) is 46.0 Å². The van der Waals surface area contributed by atoms with E-state index in [2.05, 4.69) is 0 Å². The number of rotatable bonds is 3. The van der Waals surface area contributed by atoms with Crippen LogP contribution in [-0.4, -0.2) is 22.9 Å². The Kier molecular flexibility index (Phi) is 3.64. The first-order valence-electron chi connectivity index (χ1n) is 5.55. The van der Waals surface area contributed by atoms with Crippen LogP contribution in [0.5, 0.6) is 0 Å². The van der Waals surface area contributed by atoms with Gasteiger partial charge in [0.1, 0.15) is 0 Å². The molecule has 1 fully saturated rings. The highest BCUT2D eigenvalue weighted by molar-refractivity contribution is 6.20. The van der Waals surface area contributed by atoms with Crippen molar-refractivity contribution < 1.29 is 9.66 Å². The van der Waals surface area contributed by atoms with E-state index in [1.165, 1.54) is 0 Å². The predicted molar refractivity (Wildman–Crippen MR) is 64.7 cm³/mol. The van der Waals surface area contributed by atoms with Gasteiger partial charge < -0.3 is 4.74 Å². The molecule has 1 aromatic rings. The van der Waals surface area contributed by atoms with Crippen molar-refractivity contribution in [2.45, 2.75) is 24.4 Å². The molecule has 0 amide bonds. The van der Waals surface area contributed by atoms with Crippen LogP contribution in [0.3, 0.4) is 0 Å². The Morgan fingerprint density at radius 1 is 1.47 bits per heavy atom. The summed E-state index contributed by atoms with van der Waals surface area (Å²) < 4.78 is 5.56. The molecule has 0 spiro atoms. The first-order valence-corrected chi connectivity index (χ1v) is 5.99. The van der Waals surface area contributed by atoms with Crippen LogP contribution < -0.4 is 0 Å². The molecule has 1 aliphatic heterocycles. The highest BCUT2D eigenvalue weighted by Gasteiger charge is 2.48. The molecule has 0 aromatic heterocycles. The summed E-state index contributed by atoms with van der Waals surface area (Å²) in [6.07, 6.45) is -0.489. The molecule has 0 unspecified atom stereocenters. The van der Waals surface area contributed by atoms with Gasteiger partial charge >= 0.3 is 0 Å². The van der Waals surface area contributed by atoms with Gasteiger partial charge in [0.15, 0.2) is 6.10 Å². The predicted octanol–water partition coefficient (Wildman–Crippen LogP) is 2.65. The normalized spacial score (nSPS) is 30.1. The van der Waals surface area contributed by atoms with Crippen molar-refractivity contribution >= 4 is 11.6 Å². The minimum Gasteiger partial charge on any atom is -0.366 e. The summed E-state index contributed by atoms with van der Waals surface area (Å²) in [5.74, 6) is -0.239. The first kappa shape index (κ1) is 12.3. The van der Waals surface area contributed by atoms with E-state index in [0.717, 1.165) is 5.56 Å². The molecule has 1 aromatic carbocycles. The van der Waals surface area contributed by atoms with Crippen molar-refractivity contribution in [1.82, 2.24) is 0 Å². The maximum absolute atomic E-state index is 11.2. The van der Waals surface area contributed by atoms with Gasteiger partial charge in [0.25, 0.3) is 0 Å². The van der Waals surface area contributed by atoms with E-state index < -0.39 is 12.1 Å². The Morgan fingerprint density at radius 3 is 2.65 bits per heavy atom. The molecular weight excluding hydrogens is 242 g/mol. The van der Waals surface area contributed by atoms with E-state index in [0.29, 0.717) is 6.61 Å². The molecule has 92 valence electrons. The molecule has 0 N–H and O–H groups in total. The lowest BCUT2D eigenvalue weighted by Crippen LogP contribution is -2.34. The van der Waals surface area contributed by atoms with Crippen LogP contribution in [0.15, 0.2) is 30.3 Å². The van der Waals surface area contributed by atoms with E-state index in [1.54, 1.807) is 6.92 Å². The zero-order valence-corrected chi connectivity index (χ0v) is 10.2. The number of alkyl halides is 1. The van der Waals surface area contributed by atoms with E-state index in [1.807, 2.05) is 30.3 Å². The lowest BCUT2D eigenvalue weighted by Gasteiger charge is -2.17. The number of benzene rings is 1. The highest BCUT2D eigenvalue weighted by Crippen LogP contribution is 2.37. The zero-order valence-electron chi connectivity index (χ0n) is 9.45. The Labute approximate surface area is 105 Å². The van der Waals surface area contributed by atoms with E-state index in [9.17, 15) is 10.1 Å². The Hall–Kier alpha value is -1.13. The van der Waals surface area contributed by atoms with Crippen molar-refractivity contribution in [1.29, 1.82) is 0 Å². The lowest BCUT2D eigenvalue weighted by molar-refractivity contribution is -0.535. The van der Waals surface area contributed by atoms with Gasteiger partial charge in [0.2, 0.25) is 6.04 Å². The summed E-state index contributed by atoms with van der Waals surface area (Å²) in [5, 5.41) is 10.9. The van der Waals surface area contributed by atoms with Crippen LogP contribution >= 0.6 is 11.6 Å². The van der Waals surface area contributed by atoms with Gasteiger partial charge in [-0.2, -0.15) is 0 Å². The van der Waals surface area contributed by atoms with E-state index in [4.69, 9.17) is 16.3 Å². The minimum atomic E-state index is -0.759. The van der Waals surface area contributed by atoms with Crippen LogP contribution in [0.25, 0.3) is 0 Å². The fraction of sp³-hybridized carbons (Fsp3) is 0.500. The number of hydrogen-bond donors (Lipinski definition) is 0. The summed E-state index contributed by atoms with van der Waals surface area (Å²) in [7, 11) is 0. The summed E-state index contributed by atoms with van der Waals surface area (Å²) in [6, 6.07) is 8.52. The van der Waals surface area contributed by atoms with E-state index in [-0.39, 0.29) is 16.2 Å². The number of nitrogens with zero attached hydrogens (tertiary/aromatic N) is 1. The molecule has 1 aliphatic rings. The lowest BCUT2D eigenvalue weighted by atomic mass is 9.93. The van der Waals surface area contributed by atoms with Crippen LogP contribution in [0, 0.1) is 16.0 Å². The molecular formula is C12H14ClNO3. The highest BCUT2D eigenvalue weighted by atomic mass is 35.5. The van der Waals surface area contributed by atoms with Crippen LogP contribution in [0.4, 0.5) is 0 Å². The van der Waals surface area contributed by atoms with Gasteiger partial charge in [-0.3, -0.25) is 10.1 Å². The topological polar surface area (TPSA) is 52.4 Å². The molecule has 0 aliphatic carbocycles. The number of halogens is 1. The summed E-state index contributed by atoms with van der Waals surface area (Å²) in [5.41, 5.74) is 0.842. The molecule has 1 heterocycles. The van der Waals surface area contributed by atoms with Crippen LogP contribution in [0.1, 0.15) is 18.6 Å². The maximum Gasteiger partial charge on any atom is 0.249 e. The van der Waals surface area contributed by atoms with Crippen LogP contribution in [0.2, 0.25) is 0 Å². The molecule has 4 nitrogen and oxygen atoms in total. The van der Waals surface area contributed by atoms with Gasteiger partial charge in [-0.05, 0) is 12.5 Å². The number of ether oxygens (including phenoxy) is 1. The monoisotopic (exact) mass is 255 g/mol.